The number of aromatic hydroxyl groups is 1. The SMILES string of the molecule is COc1ccc(C(=O)NC(C)(C)C(C)(C)C(=O)O)cc1O. The minimum Gasteiger partial charge on any atom is -0.504 e. The van der Waals surface area contributed by atoms with Crippen molar-refractivity contribution in [1.82, 2.24) is 5.32 Å². The van der Waals surface area contributed by atoms with E-state index in [2.05, 4.69) is 5.32 Å². The van der Waals surface area contributed by atoms with E-state index in [-0.39, 0.29) is 17.1 Å². The molecule has 0 unspecified atom stereocenters. The van der Waals surface area contributed by atoms with E-state index in [1.807, 2.05) is 0 Å². The molecule has 3 N–H and O–H groups in total. The first-order chi connectivity index (χ1) is 9.52. The predicted molar refractivity (Wildman–Crippen MR) is 77.6 cm³/mol. The van der Waals surface area contributed by atoms with Crippen molar-refractivity contribution in [2.75, 3.05) is 7.11 Å². The van der Waals surface area contributed by atoms with Crippen molar-refractivity contribution < 1.29 is 24.5 Å². The standard InChI is InChI=1S/C15H21NO5/c1-14(2,13(19)20)15(3,4)16-12(18)9-6-7-11(21-5)10(17)8-9/h6-8,17H,1-5H3,(H,16,18)(H,19,20). The van der Waals surface area contributed by atoms with Gasteiger partial charge >= 0.3 is 5.97 Å². The molecule has 0 heterocycles. The van der Waals surface area contributed by atoms with Crippen LogP contribution < -0.4 is 10.1 Å². The van der Waals surface area contributed by atoms with E-state index in [4.69, 9.17) is 4.74 Å². The summed E-state index contributed by atoms with van der Waals surface area (Å²) in [5.74, 6) is -1.37. The smallest absolute Gasteiger partial charge is 0.311 e. The summed E-state index contributed by atoms with van der Waals surface area (Å²) < 4.78 is 4.91. The molecule has 0 radical (unpaired) electrons. The molecule has 21 heavy (non-hydrogen) atoms. The molecule has 1 rings (SSSR count). The minimum atomic E-state index is -1.16. The molecule has 0 saturated heterocycles. The van der Waals surface area contributed by atoms with Crippen LogP contribution >= 0.6 is 0 Å². The molecule has 0 fully saturated rings. The molecule has 0 aliphatic rings. The highest BCUT2D eigenvalue weighted by Crippen LogP contribution is 2.32. The van der Waals surface area contributed by atoms with Crippen molar-refractivity contribution in [3.05, 3.63) is 23.8 Å². The number of aliphatic carboxylic acids is 1. The number of ether oxygens (including phenoxy) is 1. The molecule has 0 atom stereocenters. The Morgan fingerprint density at radius 1 is 1.19 bits per heavy atom. The molecule has 0 aromatic heterocycles. The maximum absolute atomic E-state index is 12.2. The molecule has 6 heteroatoms. The van der Waals surface area contributed by atoms with E-state index in [1.165, 1.54) is 25.3 Å². The van der Waals surface area contributed by atoms with Crippen LogP contribution in [0.15, 0.2) is 18.2 Å². The number of phenolic OH excluding ortho intramolecular Hbond substituents is 1. The van der Waals surface area contributed by atoms with Gasteiger partial charge in [0.15, 0.2) is 11.5 Å². The monoisotopic (exact) mass is 295 g/mol. The van der Waals surface area contributed by atoms with E-state index in [9.17, 15) is 19.8 Å². The van der Waals surface area contributed by atoms with E-state index in [0.29, 0.717) is 0 Å². The second kappa shape index (κ2) is 5.63. The van der Waals surface area contributed by atoms with Crippen LogP contribution in [0.4, 0.5) is 0 Å². The Morgan fingerprint density at radius 2 is 1.76 bits per heavy atom. The molecule has 0 aliphatic heterocycles. The zero-order valence-electron chi connectivity index (χ0n) is 12.9. The fourth-order valence-corrected chi connectivity index (χ4v) is 1.61. The van der Waals surface area contributed by atoms with Gasteiger partial charge in [-0.3, -0.25) is 9.59 Å². The summed E-state index contributed by atoms with van der Waals surface area (Å²) in [6.07, 6.45) is 0. The van der Waals surface area contributed by atoms with Gasteiger partial charge in [0.25, 0.3) is 5.91 Å². The molecule has 6 nitrogen and oxygen atoms in total. The van der Waals surface area contributed by atoms with Crippen LogP contribution in [0.3, 0.4) is 0 Å². The number of phenols is 1. The third kappa shape index (κ3) is 3.26. The van der Waals surface area contributed by atoms with Crippen LogP contribution in [0.2, 0.25) is 0 Å². The number of amides is 1. The first-order valence-corrected chi connectivity index (χ1v) is 6.46. The topological polar surface area (TPSA) is 95.9 Å². The average molecular weight is 295 g/mol. The Hall–Kier alpha value is -2.24. The number of hydrogen-bond donors (Lipinski definition) is 3. The van der Waals surface area contributed by atoms with Gasteiger partial charge in [0.05, 0.1) is 18.1 Å². The second-order valence-electron chi connectivity index (χ2n) is 5.90. The number of carboxylic acids is 1. The van der Waals surface area contributed by atoms with Crippen LogP contribution in [0.5, 0.6) is 11.5 Å². The van der Waals surface area contributed by atoms with Gasteiger partial charge in [-0.25, -0.2) is 0 Å². The van der Waals surface area contributed by atoms with E-state index in [1.54, 1.807) is 27.7 Å². The summed E-state index contributed by atoms with van der Waals surface area (Å²) in [5, 5.41) is 21.6. The van der Waals surface area contributed by atoms with Crippen LogP contribution in [-0.4, -0.2) is 34.7 Å². The van der Waals surface area contributed by atoms with Gasteiger partial charge < -0.3 is 20.3 Å². The Morgan fingerprint density at radius 3 is 2.19 bits per heavy atom. The molecule has 0 aliphatic carbocycles. The third-order valence-corrected chi connectivity index (χ3v) is 3.96. The summed E-state index contributed by atoms with van der Waals surface area (Å²) >= 11 is 0. The zero-order valence-corrected chi connectivity index (χ0v) is 12.9. The predicted octanol–water partition coefficient (Wildman–Crippen LogP) is 2.02. The van der Waals surface area contributed by atoms with Gasteiger partial charge in [-0.2, -0.15) is 0 Å². The number of rotatable bonds is 5. The van der Waals surface area contributed by atoms with Crippen molar-refractivity contribution in [2.24, 2.45) is 5.41 Å². The second-order valence-corrected chi connectivity index (χ2v) is 5.90. The highest BCUT2D eigenvalue weighted by Gasteiger charge is 2.44. The third-order valence-electron chi connectivity index (χ3n) is 3.96. The fraction of sp³-hybridized carbons (Fsp3) is 0.467. The molecular formula is C15H21NO5. The van der Waals surface area contributed by atoms with Crippen molar-refractivity contribution in [2.45, 2.75) is 33.2 Å². The van der Waals surface area contributed by atoms with Crippen molar-refractivity contribution in [3.63, 3.8) is 0 Å². The highest BCUT2D eigenvalue weighted by molar-refractivity contribution is 5.95. The summed E-state index contributed by atoms with van der Waals surface area (Å²) in [4.78, 5) is 23.5. The van der Waals surface area contributed by atoms with Gasteiger partial charge in [-0.15, -0.1) is 0 Å². The lowest BCUT2D eigenvalue weighted by molar-refractivity contribution is -0.150. The molecule has 0 bridgehead atoms. The maximum Gasteiger partial charge on any atom is 0.311 e. The number of carbonyl (C=O) groups is 2. The Balaban J connectivity index is 3.00. The molecule has 0 spiro atoms. The fourth-order valence-electron chi connectivity index (χ4n) is 1.61. The molecule has 0 saturated carbocycles. The lowest BCUT2D eigenvalue weighted by Gasteiger charge is -2.38. The van der Waals surface area contributed by atoms with Gasteiger partial charge in [0, 0.05) is 5.56 Å². The quantitative estimate of drug-likeness (QED) is 0.772. The number of hydrogen-bond acceptors (Lipinski definition) is 4. The Labute approximate surface area is 123 Å². The van der Waals surface area contributed by atoms with E-state index in [0.717, 1.165) is 0 Å². The highest BCUT2D eigenvalue weighted by atomic mass is 16.5. The molecule has 1 amide bonds. The summed E-state index contributed by atoms with van der Waals surface area (Å²) in [7, 11) is 1.41. The molecule has 116 valence electrons. The summed E-state index contributed by atoms with van der Waals surface area (Å²) in [5.41, 5.74) is -1.91. The molecule has 1 aromatic carbocycles. The summed E-state index contributed by atoms with van der Waals surface area (Å²) in [6.45, 7) is 6.37. The van der Waals surface area contributed by atoms with Crippen molar-refractivity contribution in [3.8, 4) is 11.5 Å². The van der Waals surface area contributed by atoms with E-state index < -0.39 is 22.8 Å². The lowest BCUT2D eigenvalue weighted by atomic mass is 9.74. The Kier molecular flexibility index (Phi) is 4.51. The van der Waals surface area contributed by atoms with Crippen LogP contribution in [0, 0.1) is 5.41 Å². The van der Waals surface area contributed by atoms with Gasteiger partial charge in [0.1, 0.15) is 0 Å². The van der Waals surface area contributed by atoms with Gasteiger partial charge in [0.2, 0.25) is 0 Å². The number of carboxylic acid groups (broad SMARTS) is 1. The molecule has 1 aromatic rings. The van der Waals surface area contributed by atoms with Gasteiger partial charge in [-0.05, 0) is 45.9 Å². The van der Waals surface area contributed by atoms with Crippen molar-refractivity contribution >= 4 is 11.9 Å². The minimum absolute atomic E-state index is 0.152. The first kappa shape index (κ1) is 16.8. The largest absolute Gasteiger partial charge is 0.504 e. The molecular weight excluding hydrogens is 274 g/mol. The normalized spacial score (nSPS) is 11.9. The van der Waals surface area contributed by atoms with Crippen molar-refractivity contribution in [1.29, 1.82) is 0 Å². The Bertz CT molecular complexity index is 563. The van der Waals surface area contributed by atoms with Gasteiger partial charge in [-0.1, -0.05) is 0 Å². The van der Waals surface area contributed by atoms with E-state index >= 15 is 0 Å². The zero-order chi connectivity index (χ0) is 16.4. The number of methoxy groups -OCH3 is 1. The number of benzene rings is 1. The maximum atomic E-state index is 12.2. The van der Waals surface area contributed by atoms with Crippen LogP contribution in [-0.2, 0) is 4.79 Å². The van der Waals surface area contributed by atoms with Crippen LogP contribution in [0.1, 0.15) is 38.1 Å². The average Bonchev–Trinajstić information content (AvgIpc) is 2.37. The van der Waals surface area contributed by atoms with Crippen LogP contribution in [0.25, 0.3) is 0 Å². The first-order valence-electron chi connectivity index (χ1n) is 6.46. The lowest BCUT2D eigenvalue weighted by Crippen LogP contribution is -2.56. The number of carbonyl (C=O) groups excluding carboxylic acids is 1. The number of nitrogens with one attached hydrogen (secondary N) is 1. The summed E-state index contributed by atoms with van der Waals surface area (Å²) in [6, 6.07) is 4.25.